The number of anilines is 1. The second kappa shape index (κ2) is 8.64. The molecule has 1 aliphatic rings. The van der Waals surface area contributed by atoms with E-state index in [0.29, 0.717) is 37.5 Å². The molecule has 1 aliphatic heterocycles. The van der Waals surface area contributed by atoms with Gasteiger partial charge in [-0.2, -0.15) is 0 Å². The van der Waals surface area contributed by atoms with E-state index < -0.39 is 16.0 Å². The molecule has 0 saturated heterocycles. The quantitative estimate of drug-likeness (QED) is 0.681. The van der Waals surface area contributed by atoms with Crippen LogP contribution in [0.3, 0.4) is 0 Å². The number of carboxylic acid groups (broad SMARTS) is 1. The second-order valence-corrected chi connectivity index (χ2v) is 8.68. The van der Waals surface area contributed by atoms with E-state index in [-0.39, 0.29) is 23.6 Å². The Morgan fingerprint density at radius 2 is 2.00 bits per heavy atom. The van der Waals surface area contributed by atoms with Gasteiger partial charge in [0.15, 0.2) is 0 Å². The average Bonchev–Trinajstić information content (AvgIpc) is 2.97. The Kier molecular flexibility index (Phi) is 6.77. The third-order valence-electron chi connectivity index (χ3n) is 4.35. The van der Waals surface area contributed by atoms with Gasteiger partial charge in [-0.25, -0.2) is 13.1 Å². The minimum Gasteiger partial charge on any atom is -0.481 e. The first-order valence-electron chi connectivity index (χ1n) is 8.85. The standard InChI is InChI=1S/C18H26N2O5S/c1-13(2)8-10-19-26(24,25)15-6-7-16-14(12-15)9-11-20(16)17(21)4-3-5-18(22)23/h6-7,12-13,19H,3-5,8-11H2,1-2H3,(H,22,23). The monoisotopic (exact) mass is 382 g/mol. The highest BCUT2D eigenvalue weighted by atomic mass is 32.2. The number of hydrogen-bond acceptors (Lipinski definition) is 4. The van der Waals surface area contributed by atoms with Crippen LogP contribution in [0.25, 0.3) is 0 Å². The van der Waals surface area contributed by atoms with E-state index in [1.807, 2.05) is 13.8 Å². The molecular formula is C18H26N2O5S. The van der Waals surface area contributed by atoms with Crippen molar-refractivity contribution in [2.45, 2.75) is 50.8 Å². The van der Waals surface area contributed by atoms with Crippen molar-refractivity contribution in [1.82, 2.24) is 4.72 Å². The fraction of sp³-hybridized carbons (Fsp3) is 0.556. The van der Waals surface area contributed by atoms with E-state index in [2.05, 4.69) is 4.72 Å². The molecule has 1 heterocycles. The largest absolute Gasteiger partial charge is 0.481 e. The molecule has 1 amide bonds. The summed E-state index contributed by atoms with van der Waals surface area (Å²) in [6.07, 6.45) is 1.79. The maximum absolute atomic E-state index is 12.4. The SMILES string of the molecule is CC(C)CCNS(=O)(=O)c1ccc2c(c1)CCN2C(=O)CCCC(=O)O. The van der Waals surface area contributed by atoms with Crippen LogP contribution in [0.4, 0.5) is 5.69 Å². The van der Waals surface area contributed by atoms with Gasteiger partial charge < -0.3 is 10.0 Å². The summed E-state index contributed by atoms with van der Waals surface area (Å²) in [7, 11) is -3.56. The Morgan fingerprint density at radius 1 is 1.27 bits per heavy atom. The second-order valence-electron chi connectivity index (χ2n) is 6.91. The van der Waals surface area contributed by atoms with Gasteiger partial charge in [-0.05, 0) is 48.9 Å². The Hall–Kier alpha value is -1.93. The lowest BCUT2D eigenvalue weighted by Gasteiger charge is -2.17. The molecule has 8 heteroatoms. The number of hydrogen-bond donors (Lipinski definition) is 2. The van der Waals surface area contributed by atoms with Gasteiger partial charge in [0, 0.05) is 31.6 Å². The zero-order chi connectivity index (χ0) is 19.3. The Morgan fingerprint density at radius 3 is 2.65 bits per heavy atom. The number of fused-ring (bicyclic) bond motifs is 1. The lowest BCUT2D eigenvalue weighted by atomic mass is 10.1. The molecule has 2 N–H and O–H groups in total. The molecule has 0 unspecified atom stereocenters. The summed E-state index contributed by atoms with van der Waals surface area (Å²) in [6, 6.07) is 4.80. The molecule has 0 radical (unpaired) electrons. The van der Waals surface area contributed by atoms with Crippen LogP contribution in [0.1, 0.15) is 45.1 Å². The molecule has 0 saturated carbocycles. The van der Waals surface area contributed by atoms with Crippen molar-refractivity contribution in [2.24, 2.45) is 5.92 Å². The van der Waals surface area contributed by atoms with Crippen molar-refractivity contribution in [2.75, 3.05) is 18.0 Å². The van der Waals surface area contributed by atoms with Crippen molar-refractivity contribution in [3.63, 3.8) is 0 Å². The zero-order valence-corrected chi connectivity index (χ0v) is 16.0. The van der Waals surface area contributed by atoms with Crippen LogP contribution in [-0.4, -0.2) is 38.5 Å². The van der Waals surface area contributed by atoms with Crippen molar-refractivity contribution in [1.29, 1.82) is 0 Å². The smallest absolute Gasteiger partial charge is 0.303 e. The van der Waals surface area contributed by atoms with Crippen LogP contribution in [0.2, 0.25) is 0 Å². The van der Waals surface area contributed by atoms with E-state index in [9.17, 15) is 18.0 Å². The van der Waals surface area contributed by atoms with E-state index in [0.717, 1.165) is 12.0 Å². The Bertz CT molecular complexity index is 774. The maximum atomic E-state index is 12.4. The molecule has 0 aliphatic carbocycles. The molecule has 2 rings (SSSR count). The highest BCUT2D eigenvalue weighted by molar-refractivity contribution is 7.89. The molecule has 0 spiro atoms. The minimum absolute atomic E-state index is 0.0360. The number of carboxylic acids is 1. The molecule has 144 valence electrons. The van der Waals surface area contributed by atoms with Gasteiger partial charge in [-0.3, -0.25) is 9.59 Å². The summed E-state index contributed by atoms with van der Waals surface area (Å²) in [5.41, 5.74) is 1.54. The molecule has 0 atom stereocenters. The highest BCUT2D eigenvalue weighted by Crippen LogP contribution is 2.31. The van der Waals surface area contributed by atoms with Crippen LogP contribution in [-0.2, 0) is 26.0 Å². The van der Waals surface area contributed by atoms with Gasteiger partial charge in [0.1, 0.15) is 0 Å². The lowest BCUT2D eigenvalue weighted by Crippen LogP contribution is -2.28. The van der Waals surface area contributed by atoms with Gasteiger partial charge in [0.05, 0.1) is 4.90 Å². The summed E-state index contributed by atoms with van der Waals surface area (Å²) in [5.74, 6) is -0.631. The van der Waals surface area contributed by atoms with Gasteiger partial charge >= 0.3 is 5.97 Å². The zero-order valence-electron chi connectivity index (χ0n) is 15.2. The third-order valence-corrected chi connectivity index (χ3v) is 5.81. The topological polar surface area (TPSA) is 104 Å². The molecule has 0 fully saturated rings. The summed E-state index contributed by atoms with van der Waals surface area (Å²) >= 11 is 0. The fourth-order valence-corrected chi connectivity index (χ4v) is 3.99. The fourth-order valence-electron chi connectivity index (χ4n) is 2.90. The number of carbonyl (C=O) groups is 2. The van der Waals surface area contributed by atoms with Crippen molar-refractivity contribution in [3.8, 4) is 0 Å². The summed E-state index contributed by atoms with van der Waals surface area (Å²) in [5, 5.41) is 8.66. The first-order chi connectivity index (χ1) is 12.2. The van der Waals surface area contributed by atoms with Gasteiger partial charge in [0.2, 0.25) is 15.9 Å². The number of amides is 1. The van der Waals surface area contributed by atoms with Crippen LogP contribution >= 0.6 is 0 Å². The minimum atomic E-state index is -3.56. The van der Waals surface area contributed by atoms with Crippen LogP contribution in [0, 0.1) is 5.92 Å². The van der Waals surface area contributed by atoms with E-state index in [1.54, 1.807) is 17.0 Å². The molecule has 26 heavy (non-hydrogen) atoms. The van der Waals surface area contributed by atoms with Gasteiger partial charge in [0.25, 0.3) is 0 Å². The molecule has 0 bridgehead atoms. The molecule has 1 aromatic rings. The number of nitrogens with zero attached hydrogens (tertiary/aromatic N) is 1. The highest BCUT2D eigenvalue weighted by Gasteiger charge is 2.26. The average molecular weight is 382 g/mol. The number of benzene rings is 1. The third kappa shape index (κ3) is 5.28. The van der Waals surface area contributed by atoms with E-state index >= 15 is 0 Å². The van der Waals surface area contributed by atoms with Crippen LogP contribution in [0.5, 0.6) is 0 Å². The van der Waals surface area contributed by atoms with Crippen molar-refractivity contribution >= 4 is 27.6 Å². The molecular weight excluding hydrogens is 356 g/mol. The first kappa shape index (κ1) is 20.4. The number of aliphatic carboxylic acids is 1. The predicted molar refractivity (Wildman–Crippen MR) is 98.6 cm³/mol. The molecule has 7 nitrogen and oxygen atoms in total. The van der Waals surface area contributed by atoms with Crippen LogP contribution in [0.15, 0.2) is 23.1 Å². The van der Waals surface area contributed by atoms with Crippen molar-refractivity contribution < 1.29 is 23.1 Å². The lowest BCUT2D eigenvalue weighted by molar-refractivity contribution is -0.137. The first-order valence-corrected chi connectivity index (χ1v) is 10.3. The predicted octanol–water partition coefficient (Wildman–Crippen LogP) is 2.16. The van der Waals surface area contributed by atoms with Gasteiger partial charge in [-0.1, -0.05) is 13.8 Å². The normalized spacial score (nSPS) is 13.9. The Labute approximate surface area is 154 Å². The number of sulfonamides is 1. The number of nitrogens with one attached hydrogen (secondary N) is 1. The molecule has 0 aromatic heterocycles. The van der Waals surface area contributed by atoms with E-state index in [1.165, 1.54) is 6.07 Å². The maximum Gasteiger partial charge on any atom is 0.303 e. The van der Waals surface area contributed by atoms with Crippen LogP contribution < -0.4 is 9.62 Å². The Balaban J connectivity index is 2.05. The van der Waals surface area contributed by atoms with Gasteiger partial charge in [-0.15, -0.1) is 0 Å². The number of rotatable bonds is 9. The summed E-state index contributed by atoms with van der Waals surface area (Å²) in [6.45, 7) is 4.95. The summed E-state index contributed by atoms with van der Waals surface area (Å²) in [4.78, 5) is 24.7. The van der Waals surface area contributed by atoms with Crippen molar-refractivity contribution in [3.05, 3.63) is 23.8 Å². The van der Waals surface area contributed by atoms with E-state index in [4.69, 9.17) is 5.11 Å². The number of carbonyl (C=O) groups excluding carboxylic acids is 1. The molecule has 1 aromatic carbocycles. The summed E-state index contributed by atoms with van der Waals surface area (Å²) < 4.78 is 27.4.